The first kappa shape index (κ1) is 10.2. The Labute approximate surface area is 93.4 Å². The number of rotatable bonds is 2. The van der Waals surface area contributed by atoms with Crippen LogP contribution in [0.1, 0.15) is 24.8 Å². The third-order valence-electron chi connectivity index (χ3n) is 3.08. The molecule has 0 saturated heterocycles. The van der Waals surface area contributed by atoms with E-state index in [1.807, 2.05) is 12.1 Å². The Morgan fingerprint density at radius 3 is 2.21 bits per heavy atom. The van der Waals surface area contributed by atoms with E-state index >= 15 is 0 Å². The lowest BCUT2D eigenvalue weighted by Gasteiger charge is -2.41. The summed E-state index contributed by atoms with van der Waals surface area (Å²) in [4.78, 5) is 3.93. The average molecular weight is 231 g/mol. The van der Waals surface area contributed by atoms with Crippen LogP contribution in [0, 0.1) is 0 Å². The molecular weight excluding hydrogens is 219 g/mol. The second-order valence-electron chi connectivity index (χ2n) is 3.84. The lowest BCUT2D eigenvalue weighted by Crippen LogP contribution is -2.41. The van der Waals surface area contributed by atoms with Crippen molar-refractivity contribution in [2.24, 2.45) is 5.73 Å². The van der Waals surface area contributed by atoms with E-state index in [4.69, 9.17) is 28.9 Å². The molecule has 14 heavy (non-hydrogen) atoms. The topological polar surface area (TPSA) is 38.9 Å². The van der Waals surface area contributed by atoms with Crippen LogP contribution in [-0.4, -0.2) is 11.5 Å². The van der Waals surface area contributed by atoms with Crippen molar-refractivity contribution in [1.29, 1.82) is 0 Å². The smallest absolute Gasteiger partial charge is 0.131 e. The summed E-state index contributed by atoms with van der Waals surface area (Å²) in [7, 11) is 0. The number of aromatic nitrogens is 1. The summed E-state index contributed by atoms with van der Waals surface area (Å²) in [5.74, 6) is 0. The third-order valence-corrected chi connectivity index (χ3v) is 3.46. The fourth-order valence-corrected chi connectivity index (χ4v) is 2.45. The molecule has 0 aliphatic heterocycles. The number of pyridine rings is 1. The molecule has 2 N–H and O–H groups in total. The van der Waals surface area contributed by atoms with E-state index in [1.165, 1.54) is 6.42 Å². The van der Waals surface area contributed by atoms with Crippen LogP contribution in [0.3, 0.4) is 0 Å². The summed E-state index contributed by atoms with van der Waals surface area (Å²) >= 11 is 11.7. The molecule has 2 rings (SSSR count). The Balaban J connectivity index is 2.39. The first-order valence-electron chi connectivity index (χ1n) is 4.70. The zero-order chi connectivity index (χ0) is 10.2. The van der Waals surface area contributed by atoms with Gasteiger partial charge in [-0.15, -0.1) is 0 Å². The largest absolute Gasteiger partial charge is 0.330 e. The molecule has 0 aromatic carbocycles. The maximum Gasteiger partial charge on any atom is 0.131 e. The van der Waals surface area contributed by atoms with Gasteiger partial charge in [-0.25, -0.2) is 4.98 Å². The summed E-state index contributed by atoms with van der Waals surface area (Å²) in [5.41, 5.74) is 7.04. The Hall–Kier alpha value is -0.310. The van der Waals surface area contributed by atoms with Gasteiger partial charge in [-0.2, -0.15) is 0 Å². The molecule has 0 radical (unpaired) electrons. The van der Waals surface area contributed by atoms with Crippen LogP contribution in [0.25, 0.3) is 0 Å². The van der Waals surface area contributed by atoms with Gasteiger partial charge in [0.1, 0.15) is 10.3 Å². The maximum absolute atomic E-state index is 5.86. The molecular formula is C10H12Cl2N2. The molecule has 1 aliphatic rings. The Bertz CT molecular complexity index is 322. The number of hydrogen-bond acceptors (Lipinski definition) is 2. The first-order chi connectivity index (χ1) is 6.66. The summed E-state index contributed by atoms with van der Waals surface area (Å²) in [6, 6.07) is 3.75. The van der Waals surface area contributed by atoms with Crippen molar-refractivity contribution in [2.75, 3.05) is 6.54 Å². The summed E-state index contributed by atoms with van der Waals surface area (Å²) in [6.45, 7) is 0.656. The molecule has 2 nitrogen and oxygen atoms in total. The van der Waals surface area contributed by atoms with Crippen molar-refractivity contribution in [3.05, 3.63) is 28.0 Å². The average Bonchev–Trinajstić information content (AvgIpc) is 2.01. The van der Waals surface area contributed by atoms with E-state index in [-0.39, 0.29) is 5.41 Å². The molecule has 0 atom stereocenters. The molecule has 4 heteroatoms. The minimum Gasteiger partial charge on any atom is -0.330 e. The van der Waals surface area contributed by atoms with Crippen molar-refractivity contribution in [3.63, 3.8) is 0 Å². The van der Waals surface area contributed by atoms with Crippen molar-refractivity contribution in [2.45, 2.75) is 24.7 Å². The molecule has 0 unspecified atom stereocenters. The number of halogens is 2. The Kier molecular flexibility index (Phi) is 2.69. The molecule has 1 aromatic heterocycles. The maximum atomic E-state index is 5.86. The van der Waals surface area contributed by atoms with Crippen LogP contribution in [0.15, 0.2) is 12.1 Å². The van der Waals surface area contributed by atoms with Crippen LogP contribution in [-0.2, 0) is 5.41 Å². The van der Waals surface area contributed by atoms with E-state index in [1.54, 1.807) is 0 Å². The standard InChI is InChI=1S/C10H12Cl2N2/c11-8-4-7(5-9(12)14-8)10(6-13)2-1-3-10/h4-5H,1-3,6,13H2. The monoisotopic (exact) mass is 230 g/mol. The van der Waals surface area contributed by atoms with Gasteiger partial charge in [0.2, 0.25) is 0 Å². The number of nitrogens with two attached hydrogens (primary N) is 1. The van der Waals surface area contributed by atoms with Crippen LogP contribution in [0.2, 0.25) is 10.3 Å². The summed E-state index contributed by atoms with van der Waals surface area (Å²) in [5, 5.41) is 0.902. The molecule has 1 saturated carbocycles. The van der Waals surface area contributed by atoms with Crippen molar-refractivity contribution in [3.8, 4) is 0 Å². The van der Waals surface area contributed by atoms with Gasteiger partial charge in [0, 0.05) is 12.0 Å². The Morgan fingerprint density at radius 2 is 1.86 bits per heavy atom. The van der Waals surface area contributed by atoms with E-state index in [0.717, 1.165) is 18.4 Å². The SMILES string of the molecule is NCC1(c2cc(Cl)nc(Cl)c2)CCC1. The van der Waals surface area contributed by atoms with Crippen LogP contribution in [0.5, 0.6) is 0 Å². The minimum absolute atomic E-state index is 0.107. The van der Waals surface area contributed by atoms with Crippen LogP contribution < -0.4 is 5.73 Å². The van der Waals surface area contributed by atoms with Gasteiger partial charge in [0.15, 0.2) is 0 Å². The van der Waals surface area contributed by atoms with Crippen LogP contribution >= 0.6 is 23.2 Å². The molecule has 0 amide bonds. The van der Waals surface area contributed by atoms with E-state index < -0.39 is 0 Å². The molecule has 1 aromatic rings. The fourth-order valence-electron chi connectivity index (χ4n) is 1.99. The molecule has 0 bridgehead atoms. The van der Waals surface area contributed by atoms with Gasteiger partial charge in [-0.1, -0.05) is 29.6 Å². The molecule has 1 aliphatic carbocycles. The van der Waals surface area contributed by atoms with E-state index in [9.17, 15) is 0 Å². The van der Waals surface area contributed by atoms with Crippen molar-refractivity contribution in [1.82, 2.24) is 4.98 Å². The predicted molar refractivity (Wildman–Crippen MR) is 58.8 cm³/mol. The zero-order valence-electron chi connectivity index (χ0n) is 7.76. The van der Waals surface area contributed by atoms with Crippen molar-refractivity contribution >= 4 is 23.2 Å². The number of nitrogens with zero attached hydrogens (tertiary/aromatic N) is 1. The third kappa shape index (κ3) is 1.62. The number of hydrogen-bond donors (Lipinski definition) is 1. The molecule has 1 heterocycles. The van der Waals surface area contributed by atoms with Gasteiger partial charge in [-0.05, 0) is 30.5 Å². The van der Waals surface area contributed by atoms with Gasteiger partial charge in [-0.3, -0.25) is 0 Å². The Morgan fingerprint density at radius 1 is 1.29 bits per heavy atom. The summed E-state index contributed by atoms with van der Waals surface area (Å²) in [6.07, 6.45) is 3.48. The highest BCUT2D eigenvalue weighted by Crippen LogP contribution is 2.43. The quantitative estimate of drug-likeness (QED) is 0.795. The molecule has 0 spiro atoms. The van der Waals surface area contributed by atoms with Crippen molar-refractivity contribution < 1.29 is 0 Å². The lowest BCUT2D eigenvalue weighted by atomic mass is 9.65. The van der Waals surface area contributed by atoms with E-state index in [2.05, 4.69) is 4.98 Å². The highest BCUT2D eigenvalue weighted by molar-refractivity contribution is 6.32. The predicted octanol–water partition coefficient (Wildman–Crippen LogP) is 2.77. The normalized spacial score (nSPS) is 19.1. The van der Waals surface area contributed by atoms with Gasteiger partial charge < -0.3 is 5.73 Å². The molecule has 76 valence electrons. The van der Waals surface area contributed by atoms with Gasteiger partial charge in [0.25, 0.3) is 0 Å². The van der Waals surface area contributed by atoms with Gasteiger partial charge in [0.05, 0.1) is 0 Å². The second kappa shape index (κ2) is 3.69. The van der Waals surface area contributed by atoms with E-state index in [0.29, 0.717) is 16.9 Å². The summed E-state index contributed by atoms with van der Waals surface area (Å²) < 4.78 is 0. The highest BCUT2D eigenvalue weighted by Gasteiger charge is 2.37. The highest BCUT2D eigenvalue weighted by atomic mass is 35.5. The van der Waals surface area contributed by atoms with Gasteiger partial charge >= 0.3 is 0 Å². The minimum atomic E-state index is 0.107. The second-order valence-corrected chi connectivity index (χ2v) is 4.61. The lowest BCUT2D eigenvalue weighted by molar-refractivity contribution is 0.253. The first-order valence-corrected chi connectivity index (χ1v) is 5.45. The van der Waals surface area contributed by atoms with Crippen LogP contribution in [0.4, 0.5) is 0 Å². The zero-order valence-corrected chi connectivity index (χ0v) is 9.28. The fraction of sp³-hybridized carbons (Fsp3) is 0.500. The molecule has 1 fully saturated rings.